The van der Waals surface area contributed by atoms with Gasteiger partial charge in [-0.3, -0.25) is 19.2 Å². The van der Waals surface area contributed by atoms with Gasteiger partial charge in [0.15, 0.2) is 11.6 Å². The molecule has 0 radical (unpaired) electrons. The lowest BCUT2D eigenvalue weighted by atomic mass is 9.59. The Morgan fingerprint density at radius 2 is 1.14 bits per heavy atom. The van der Waals surface area contributed by atoms with Crippen molar-refractivity contribution in [3.05, 3.63) is 48.6 Å². The first-order valence-corrected chi connectivity index (χ1v) is 13.6. The van der Waals surface area contributed by atoms with Crippen LogP contribution in [0, 0.1) is 58.2 Å². The van der Waals surface area contributed by atoms with Crippen molar-refractivity contribution in [2.75, 3.05) is 0 Å². The van der Waals surface area contributed by atoms with Crippen molar-refractivity contribution in [1.82, 2.24) is 0 Å². The molecule has 194 valence electrons. The predicted octanol–water partition coefficient (Wildman–Crippen LogP) is 6.12. The van der Waals surface area contributed by atoms with Gasteiger partial charge in [-0.25, -0.2) is 0 Å². The van der Waals surface area contributed by atoms with Gasteiger partial charge in [0.1, 0.15) is 11.6 Å². The fraction of sp³-hybridized carbons (Fsp3) is 0.625. The van der Waals surface area contributed by atoms with E-state index in [0.29, 0.717) is 23.7 Å². The lowest BCUT2D eigenvalue weighted by molar-refractivity contribution is -0.127. The van der Waals surface area contributed by atoms with Crippen molar-refractivity contribution in [2.45, 2.75) is 67.2 Å². The Labute approximate surface area is 216 Å². The molecule has 0 amide bonds. The van der Waals surface area contributed by atoms with Crippen LogP contribution in [-0.2, 0) is 19.2 Å². The topological polar surface area (TPSA) is 68.3 Å². The van der Waals surface area contributed by atoms with Crippen LogP contribution >= 0.6 is 0 Å². The second kappa shape index (κ2) is 9.84. The Hall–Kier alpha value is -2.36. The van der Waals surface area contributed by atoms with Crippen LogP contribution in [0.4, 0.5) is 0 Å². The Balaban J connectivity index is 0.000000174. The molecule has 4 bridgehead atoms. The summed E-state index contributed by atoms with van der Waals surface area (Å²) in [5, 5.41) is 0. The van der Waals surface area contributed by atoms with Crippen molar-refractivity contribution in [1.29, 1.82) is 0 Å². The molecule has 4 nitrogen and oxygen atoms in total. The zero-order chi connectivity index (χ0) is 26.4. The number of Topliss-reactive ketones (excluding diaryl/α,β-unsaturated/α-hetero) is 2. The van der Waals surface area contributed by atoms with Gasteiger partial charge in [-0.2, -0.15) is 0 Å². The molecule has 0 saturated heterocycles. The molecule has 2 saturated carbocycles. The maximum Gasteiger partial charge on any atom is 0.163 e. The third-order valence-corrected chi connectivity index (χ3v) is 8.85. The molecule has 6 aliphatic carbocycles. The quantitative estimate of drug-likeness (QED) is 0.328. The summed E-state index contributed by atoms with van der Waals surface area (Å²) in [5.74, 6) is 3.68. The van der Waals surface area contributed by atoms with Crippen LogP contribution in [0.5, 0.6) is 0 Å². The van der Waals surface area contributed by atoms with Crippen molar-refractivity contribution in [3.63, 3.8) is 0 Å². The lowest BCUT2D eigenvalue weighted by Crippen LogP contribution is -2.43. The summed E-state index contributed by atoms with van der Waals surface area (Å²) in [6, 6.07) is 0. The van der Waals surface area contributed by atoms with Gasteiger partial charge in [0, 0.05) is 11.8 Å². The van der Waals surface area contributed by atoms with Gasteiger partial charge in [0.05, 0.1) is 12.8 Å². The van der Waals surface area contributed by atoms with Crippen molar-refractivity contribution >= 4 is 23.1 Å². The van der Waals surface area contributed by atoms with Gasteiger partial charge in [-0.1, -0.05) is 78.0 Å². The Kier molecular flexibility index (Phi) is 7.29. The number of carbonyl (C=O) groups is 4. The van der Waals surface area contributed by atoms with Gasteiger partial charge in [0.2, 0.25) is 0 Å². The molecule has 36 heavy (non-hydrogen) atoms. The fourth-order valence-electron chi connectivity index (χ4n) is 7.62. The predicted molar refractivity (Wildman–Crippen MR) is 142 cm³/mol. The van der Waals surface area contributed by atoms with Gasteiger partial charge >= 0.3 is 0 Å². The average Bonchev–Trinajstić information content (AvgIpc) is 3.59. The Morgan fingerprint density at radius 1 is 0.611 bits per heavy atom. The van der Waals surface area contributed by atoms with Gasteiger partial charge in [0.25, 0.3) is 0 Å². The lowest BCUT2D eigenvalue weighted by Gasteiger charge is -2.44. The van der Waals surface area contributed by atoms with Crippen LogP contribution in [0.3, 0.4) is 0 Å². The highest BCUT2D eigenvalue weighted by molar-refractivity contribution is 6.16. The molecule has 0 aliphatic heterocycles. The first kappa shape index (κ1) is 26.7. The summed E-state index contributed by atoms with van der Waals surface area (Å²) in [7, 11) is 0. The smallest absolute Gasteiger partial charge is 0.163 e. The Bertz CT molecular complexity index is 997. The van der Waals surface area contributed by atoms with Crippen LogP contribution < -0.4 is 0 Å². The van der Waals surface area contributed by atoms with Crippen molar-refractivity contribution < 1.29 is 19.2 Å². The summed E-state index contributed by atoms with van der Waals surface area (Å²) in [6.45, 7) is 13.3. The molecule has 0 spiro atoms. The van der Waals surface area contributed by atoms with Gasteiger partial charge in [-0.05, 0) is 71.3 Å². The number of rotatable bonds is 1. The van der Waals surface area contributed by atoms with E-state index >= 15 is 0 Å². The minimum Gasteiger partial charge on any atom is -0.299 e. The maximum atomic E-state index is 12.7. The van der Waals surface area contributed by atoms with Crippen LogP contribution in [0.15, 0.2) is 48.6 Å². The standard InChI is InChI=1S/C20H30O2.C7H8.C5H4O2/c1-19(2,3)17-12-8-7-11(9-12)15(17)16-13(21)10-14(22)18(16)20(4,5)6;1-2-7-4-3-6(1)5-7;6-4-1-2-5(7)3-4/h7-8,11-12,15-18H,9-10H2,1-6H3;1-4,6-7H,5H2;1-2H,3H2. The first-order chi connectivity index (χ1) is 16.8. The summed E-state index contributed by atoms with van der Waals surface area (Å²) in [6.07, 6.45) is 19.3. The SMILES string of the molecule is C1=CC2C=CC1C2.CC(C)(C)C1C(=O)CC(=O)C1C1C2C=CC(C2)C1C(C)(C)C.O=C1C=CC(=O)C1. The molecule has 6 aliphatic rings. The van der Waals surface area contributed by atoms with E-state index in [0.717, 1.165) is 11.8 Å². The zero-order valence-corrected chi connectivity index (χ0v) is 22.7. The van der Waals surface area contributed by atoms with E-state index in [1.165, 1.54) is 25.0 Å². The number of ketones is 4. The molecule has 0 aromatic carbocycles. The molecule has 4 heteroatoms. The molecular formula is C32H42O4. The van der Waals surface area contributed by atoms with E-state index in [-0.39, 0.29) is 58.6 Å². The van der Waals surface area contributed by atoms with E-state index in [1.807, 2.05) is 0 Å². The molecule has 0 heterocycles. The maximum absolute atomic E-state index is 12.7. The van der Waals surface area contributed by atoms with E-state index in [4.69, 9.17) is 0 Å². The van der Waals surface area contributed by atoms with E-state index in [9.17, 15) is 19.2 Å². The van der Waals surface area contributed by atoms with Crippen LogP contribution in [-0.4, -0.2) is 23.1 Å². The number of allylic oxidation sites excluding steroid dienone is 8. The third kappa shape index (κ3) is 5.48. The molecule has 0 N–H and O–H groups in total. The highest BCUT2D eigenvalue weighted by Crippen LogP contribution is 2.60. The van der Waals surface area contributed by atoms with Gasteiger partial charge in [-0.15, -0.1) is 0 Å². The van der Waals surface area contributed by atoms with E-state index in [2.05, 4.69) is 78.0 Å². The summed E-state index contributed by atoms with van der Waals surface area (Å²) >= 11 is 0. The monoisotopic (exact) mass is 490 g/mol. The van der Waals surface area contributed by atoms with E-state index < -0.39 is 0 Å². The van der Waals surface area contributed by atoms with Crippen molar-refractivity contribution in [3.8, 4) is 0 Å². The highest BCUT2D eigenvalue weighted by atomic mass is 16.2. The number of hydrogen-bond donors (Lipinski definition) is 0. The van der Waals surface area contributed by atoms with Crippen LogP contribution in [0.25, 0.3) is 0 Å². The first-order valence-electron chi connectivity index (χ1n) is 13.6. The van der Waals surface area contributed by atoms with Gasteiger partial charge < -0.3 is 0 Å². The number of carbonyl (C=O) groups excluding carboxylic acids is 4. The molecule has 2 fully saturated rings. The third-order valence-electron chi connectivity index (χ3n) is 8.85. The van der Waals surface area contributed by atoms with Crippen molar-refractivity contribution in [2.24, 2.45) is 58.2 Å². The Morgan fingerprint density at radius 3 is 1.53 bits per heavy atom. The second-order valence-electron chi connectivity index (χ2n) is 13.7. The zero-order valence-electron chi connectivity index (χ0n) is 22.7. The summed E-state index contributed by atoms with van der Waals surface area (Å²) < 4.78 is 0. The molecule has 6 atom stereocenters. The molecule has 0 aromatic rings. The number of fused-ring (bicyclic) bond motifs is 4. The average molecular weight is 491 g/mol. The van der Waals surface area contributed by atoms with Crippen LogP contribution in [0.2, 0.25) is 0 Å². The normalized spacial score (nSPS) is 37.6. The molecule has 6 unspecified atom stereocenters. The minimum atomic E-state index is -0.123. The summed E-state index contributed by atoms with van der Waals surface area (Å²) in [4.78, 5) is 45.5. The van der Waals surface area contributed by atoms with E-state index in [1.54, 1.807) is 0 Å². The highest BCUT2D eigenvalue weighted by Gasteiger charge is 2.59. The fourth-order valence-corrected chi connectivity index (χ4v) is 7.62. The minimum absolute atomic E-state index is 0.0586. The molecule has 6 rings (SSSR count). The molecule has 0 aromatic heterocycles. The second-order valence-corrected chi connectivity index (χ2v) is 13.7. The largest absolute Gasteiger partial charge is 0.299 e. The summed E-state index contributed by atoms with van der Waals surface area (Å²) in [5.41, 5.74) is 0.0606. The van der Waals surface area contributed by atoms with Crippen LogP contribution in [0.1, 0.15) is 67.2 Å². The molecular weight excluding hydrogens is 448 g/mol. The number of hydrogen-bond acceptors (Lipinski definition) is 4.